The van der Waals surface area contributed by atoms with Gasteiger partial charge in [-0.2, -0.15) is 0 Å². The molecule has 0 amide bonds. The monoisotopic (exact) mass is 232 g/mol. The van der Waals surface area contributed by atoms with E-state index in [4.69, 9.17) is 17.3 Å². The second-order valence-corrected chi connectivity index (χ2v) is 4.14. The van der Waals surface area contributed by atoms with Gasteiger partial charge < -0.3 is 11.1 Å². The standard InChI is InChI=1S/C13H13ClN2/c1-9-2-3-10(14)8-13(9)16-12-6-4-11(15)5-7-12/h2-8,16H,15H2,1H3. The van der Waals surface area contributed by atoms with Crippen LogP contribution in [-0.4, -0.2) is 0 Å². The van der Waals surface area contributed by atoms with Gasteiger partial charge in [-0.3, -0.25) is 0 Å². The number of aryl methyl sites for hydroxylation is 1. The third-order valence-corrected chi connectivity index (χ3v) is 2.62. The van der Waals surface area contributed by atoms with E-state index in [0.29, 0.717) is 0 Å². The summed E-state index contributed by atoms with van der Waals surface area (Å²) in [5, 5.41) is 4.03. The van der Waals surface area contributed by atoms with Gasteiger partial charge in [0.15, 0.2) is 0 Å². The fraction of sp³-hybridized carbons (Fsp3) is 0.0769. The van der Waals surface area contributed by atoms with Gasteiger partial charge in [0, 0.05) is 22.1 Å². The van der Waals surface area contributed by atoms with Crippen LogP contribution in [0.2, 0.25) is 5.02 Å². The molecule has 16 heavy (non-hydrogen) atoms. The van der Waals surface area contributed by atoms with E-state index >= 15 is 0 Å². The van der Waals surface area contributed by atoms with Crippen molar-refractivity contribution in [2.75, 3.05) is 11.1 Å². The van der Waals surface area contributed by atoms with E-state index in [1.165, 1.54) is 0 Å². The van der Waals surface area contributed by atoms with Gasteiger partial charge in [0.2, 0.25) is 0 Å². The van der Waals surface area contributed by atoms with Crippen LogP contribution in [0.3, 0.4) is 0 Å². The zero-order chi connectivity index (χ0) is 11.5. The van der Waals surface area contributed by atoms with Crippen molar-refractivity contribution in [3.63, 3.8) is 0 Å². The van der Waals surface area contributed by atoms with Crippen LogP contribution in [0.5, 0.6) is 0 Å². The van der Waals surface area contributed by atoms with Crippen molar-refractivity contribution < 1.29 is 0 Å². The van der Waals surface area contributed by atoms with Crippen molar-refractivity contribution in [3.8, 4) is 0 Å². The van der Waals surface area contributed by atoms with Crippen LogP contribution in [0.1, 0.15) is 5.56 Å². The van der Waals surface area contributed by atoms with Crippen molar-refractivity contribution >= 4 is 28.7 Å². The maximum atomic E-state index is 5.95. The molecule has 2 aromatic carbocycles. The summed E-state index contributed by atoms with van der Waals surface area (Å²) in [6.07, 6.45) is 0. The molecule has 0 saturated heterocycles. The second-order valence-electron chi connectivity index (χ2n) is 3.71. The predicted molar refractivity (Wildman–Crippen MR) is 70.3 cm³/mol. The van der Waals surface area contributed by atoms with Gasteiger partial charge in [-0.15, -0.1) is 0 Å². The van der Waals surface area contributed by atoms with Gasteiger partial charge in [0.1, 0.15) is 0 Å². The Bertz CT molecular complexity index is 492. The third kappa shape index (κ3) is 2.47. The van der Waals surface area contributed by atoms with E-state index < -0.39 is 0 Å². The molecule has 0 aromatic heterocycles. The molecule has 0 aliphatic carbocycles. The molecule has 0 atom stereocenters. The summed E-state index contributed by atoms with van der Waals surface area (Å²) in [5.41, 5.74) is 9.55. The molecule has 3 N–H and O–H groups in total. The number of nitrogen functional groups attached to an aromatic ring is 1. The summed E-state index contributed by atoms with van der Waals surface area (Å²) >= 11 is 5.95. The van der Waals surface area contributed by atoms with Crippen LogP contribution < -0.4 is 11.1 Å². The molecular formula is C13H13ClN2. The molecule has 0 radical (unpaired) electrons. The Labute approximate surface area is 100 Å². The Balaban J connectivity index is 2.26. The topological polar surface area (TPSA) is 38.0 Å². The quantitative estimate of drug-likeness (QED) is 0.769. The Morgan fingerprint density at radius 1 is 1.06 bits per heavy atom. The first-order chi connectivity index (χ1) is 7.65. The molecule has 0 aliphatic rings. The van der Waals surface area contributed by atoms with Gasteiger partial charge in [-0.05, 0) is 48.9 Å². The summed E-state index contributed by atoms with van der Waals surface area (Å²) in [7, 11) is 0. The molecule has 2 rings (SSSR count). The SMILES string of the molecule is Cc1ccc(Cl)cc1Nc1ccc(N)cc1. The van der Waals surface area contributed by atoms with Crippen LogP contribution in [-0.2, 0) is 0 Å². The van der Waals surface area contributed by atoms with E-state index in [1.54, 1.807) is 0 Å². The molecule has 0 unspecified atom stereocenters. The summed E-state index contributed by atoms with van der Waals surface area (Å²) in [4.78, 5) is 0. The number of hydrogen-bond acceptors (Lipinski definition) is 2. The number of hydrogen-bond donors (Lipinski definition) is 2. The number of nitrogens with one attached hydrogen (secondary N) is 1. The van der Waals surface area contributed by atoms with Gasteiger partial charge >= 0.3 is 0 Å². The number of benzene rings is 2. The van der Waals surface area contributed by atoms with E-state index in [0.717, 1.165) is 27.6 Å². The van der Waals surface area contributed by atoms with Crippen molar-refractivity contribution in [2.24, 2.45) is 0 Å². The smallest absolute Gasteiger partial charge is 0.0428 e. The van der Waals surface area contributed by atoms with Gasteiger partial charge in [0.25, 0.3) is 0 Å². The van der Waals surface area contributed by atoms with Crippen LogP contribution in [0, 0.1) is 6.92 Å². The molecule has 2 nitrogen and oxygen atoms in total. The van der Waals surface area contributed by atoms with Gasteiger partial charge in [0.05, 0.1) is 0 Å². The van der Waals surface area contributed by atoms with E-state index in [1.807, 2.05) is 49.4 Å². The Hall–Kier alpha value is -1.67. The molecule has 82 valence electrons. The van der Waals surface area contributed by atoms with Crippen LogP contribution in [0.4, 0.5) is 17.1 Å². The lowest BCUT2D eigenvalue weighted by Gasteiger charge is -2.10. The van der Waals surface area contributed by atoms with E-state index in [9.17, 15) is 0 Å². The van der Waals surface area contributed by atoms with Crippen LogP contribution >= 0.6 is 11.6 Å². The fourth-order valence-electron chi connectivity index (χ4n) is 1.45. The first-order valence-electron chi connectivity index (χ1n) is 5.04. The van der Waals surface area contributed by atoms with Crippen LogP contribution in [0.15, 0.2) is 42.5 Å². The summed E-state index contributed by atoms with van der Waals surface area (Å²) in [5.74, 6) is 0. The average Bonchev–Trinajstić information content (AvgIpc) is 2.27. The lowest BCUT2D eigenvalue weighted by atomic mass is 10.2. The van der Waals surface area contributed by atoms with Crippen molar-refractivity contribution in [1.82, 2.24) is 0 Å². The predicted octanol–water partition coefficient (Wildman–Crippen LogP) is 3.97. The molecule has 3 heteroatoms. The second kappa shape index (κ2) is 4.45. The molecule has 0 heterocycles. The first kappa shape index (κ1) is 10.8. The van der Waals surface area contributed by atoms with Crippen molar-refractivity contribution in [2.45, 2.75) is 6.92 Å². The average molecular weight is 233 g/mol. The highest BCUT2D eigenvalue weighted by Crippen LogP contribution is 2.24. The number of anilines is 3. The van der Waals surface area contributed by atoms with Crippen molar-refractivity contribution in [1.29, 1.82) is 0 Å². The Morgan fingerprint density at radius 2 is 1.75 bits per heavy atom. The Morgan fingerprint density at radius 3 is 2.44 bits per heavy atom. The van der Waals surface area contributed by atoms with E-state index in [-0.39, 0.29) is 0 Å². The maximum Gasteiger partial charge on any atom is 0.0428 e. The number of halogens is 1. The van der Waals surface area contributed by atoms with Gasteiger partial charge in [-0.25, -0.2) is 0 Å². The summed E-state index contributed by atoms with van der Waals surface area (Å²) < 4.78 is 0. The maximum absolute atomic E-state index is 5.95. The first-order valence-corrected chi connectivity index (χ1v) is 5.42. The van der Waals surface area contributed by atoms with Gasteiger partial charge in [-0.1, -0.05) is 17.7 Å². The third-order valence-electron chi connectivity index (χ3n) is 2.39. The highest BCUT2D eigenvalue weighted by Gasteiger charge is 1.99. The van der Waals surface area contributed by atoms with Crippen LogP contribution in [0.25, 0.3) is 0 Å². The minimum atomic E-state index is 0.726. The molecule has 0 saturated carbocycles. The number of rotatable bonds is 2. The molecular weight excluding hydrogens is 220 g/mol. The van der Waals surface area contributed by atoms with Crippen molar-refractivity contribution in [3.05, 3.63) is 53.1 Å². The normalized spacial score (nSPS) is 10.1. The van der Waals surface area contributed by atoms with E-state index in [2.05, 4.69) is 5.32 Å². The largest absolute Gasteiger partial charge is 0.399 e. The molecule has 0 aliphatic heterocycles. The number of nitrogens with two attached hydrogens (primary N) is 1. The molecule has 0 fully saturated rings. The summed E-state index contributed by atoms with van der Waals surface area (Å²) in [6, 6.07) is 13.4. The summed E-state index contributed by atoms with van der Waals surface area (Å²) in [6.45, 7) is 2.04. The minimum absolute atomic E-state index is 0.726. The minimum Gasteiger partial charge on any atom is -0.399 e. The lowest BCUT2D eigenvalue weighted by Crippen LogP contribution is -1.93. The fourth-order valence-corrected chi connectivity index (χ4v) is 1.62. The molecule has 0 bridgehead atoms. The lowest BCUT2D eigenvalue weighted by molar-refractivity contribution is 1.43. The highest BCUT2D eigenvalue weighted by atomic mass is 35.5. The molecule has 2 aromatic rings. The molecule has 0 spiro atoms. The zero-order valence-corrected chi connectivity index (χ0v) is 9.75. The Kier molecular flexibility index (Phi) is 3.02. The zero-order valence-electron chi connectivity index (χ0n) is 9.00. The highest BCUT2D eigenvalue weighted by molar-refractivity contribution is 6.30.